The number of phosphoric acid groups is 1. The van der Waals surface area contributed by atoms with Crippen LogP contribution in [0, 0.1) is 0 Å². The van der Waals surface area contributed by atoms with E-state index in [9.17, 15) is 29.0 Å². The van der Waals surface area contributed by atoms with Gasteiger partial charge in [0.2, 0.25) is 5.95 Å². The van der Waals surface area contributed by atoms with Crippen LogP contribution >= 0.6 is 15.6 Å². The molecule has 10 atom stereocenters. The van der Waals surface area contributed by atoms with Crippen molar-refractivity contribution in [2.24, 2.45) is 0 Å². The Bertz CT molecular complexity index is 1950. The maximum atomic E-state index is 13.9. The fourth-order valence-electron chi connectivity index (χ4n) is 5.42. The van der Waals surface area contributed by atoms with Gasteiger partial charge in [0.05, 0.1) is 25.9 Å². The molecule has 0 saturated carbocycles. The highest BCUT2D eigenvalue weighted by molar-refractivity contribution is 7.51. The summed E-state index contributed by atoms with van der Waals surface area (Å²) in [5.74, 6) is -0.183. The topological polar surface area (TPSA) is 321 Å². The van der Waals surface area contributed by atoms with Gasteiger partial charge >= 0.3 is 15.6 Å². The lowest BCUT2D eigenvalue weighted by Crippen LogP contribution is -2.37. The number of aliphatic hydroxyl groups is 2. The van der Waals surface area contributed by atoms with Gasteiger partial charge in [-0.05, 0) is 7.05 Å². The quantitative estimate of drug-likeness (QED) is 0.113. The van der Waals surface area contributed by atoms with Crippen molar-refractivity contribution in [2.75, 3.05) is 31.7 Å². The molecule has 3 saturated heterocycles. The SMILES string of the molecule is CNP1(=O)OC[C@H]2O[C@@H](n3cnc4c(N)ncnc43)C(O)[C@H]2OP(=O)(O)OC[C@H]2O[C@@H](n3cnc4c(=O)[nH]c(N)nc43)[C@@H](O1)C2O. The van der Waals surface area contributed by atoms with Crippen molar-refractivity contribution in [3.63, 3.8) is 0 Å². The Balaban J connectivity index is 1.22. The van der Waals surface area contributed by atoms with Crippen molar-refractivity contribution in [3.8, 4) is 0 Å². The van der Waals surface area contributed by atoms with Crippen LogP contribution < -0.4 is 22.1 Å². The lowest BCUT2D eigenvalue weighted by atomic mass is 10.1. The highest BCUT2D eigenvalue weighted by Gasteiger charge is 2.54. The molecular formula is C21H27N11O12P2. The summed E-state index contributed by atoms with van der Waals surface area (Å²) >= 11 is 0. The Hall–Kier alpha value is -3.44. The third-order valence-electron chi connectivity index (χ3n) is 7.61. The summed E-state index contributed by atoms with van der Waals surface area (Å²) < 4.78 is 63.4. The fourth-order valence-corrected chi connectivity index (χ4v) is 7.58. The lowest BCUT2D eigenvalue weighted by molar-refractivity contribution is -0.0636. The predicted octanol–water partition coefficient (Wildman–Crippen LogP) is -2.11. The molecule has 4 aromatic rings. The van der Waals surface area contributed by atoms with Crippen LogP contribution in [0.5, 0.6) is 0 Å². The van der Waals surface area contributed by atoms with E-state index >= 15 is 0 Å². The van der Waals surface area contributed by atoms with E-state index in [0.717, 1.165) is 6.33 Å². The molecule has 7 heterocycles. The number of nitrogens with one attached hydrogen (secondary N) is 2. The number of fused-ring (bicyclic) bond motifs is 5. The number of anilines is 2. The number of imidazole rings is 2. The minimum atomic E-state index is -5.02. The molecule has 248 valence electrons. The minimum absolute atomic E-state index is 0.0609. The number of rotatable bonds is 3. The summed E-state index contributed by atoms with van der Waals surface area (Å²) in [6, 6.07) is 0. The van der Waals surface area contributed by atoms with Crippen molar-refractivity contribution in [3.05, 3.63) is 29.3 Å². The number of phosphoric ester groups is 1. The summed E-state index contributed by atoms with van der Waals surface area (Å²) in [5.41, 5.74) is 11.1. The number of ether oxygens (including phenoxy) is 2. The van der Waals surface area contributed by atoms with E-state index in [4.69, 9.17) is 39.0 Å². The molecule has 0 aliphatic carbocycles. The van der Waals surface area contributed by atoms with Crippen molar-refractivity contribution < 1.29 is 51.8 Å². The number of aromatic nitrogens is 8. The van der Waals surface area contributed by atoms with Crippen LogP contribution in [0.2, 0.25) is 0 Å². The largest absolute Gasteiger partial charge is 0.472 e. The maximum Gasteiger partial charge on any atom is 0.472 e. The molecule has 0 spiro atoms. The monoisotopic (exact) mass is 687 g/mol. The molecule has 4 unspecified atom stereocenters. The summed E-state index contributed by atoms with van der Waals surface area (Å²) in [5, 5.41) is 24.8. The summed E-state index contributed by atoms with van der Waals surface area (Å²) in [6.07, 6.45) is -8.22. The van der Waals surface area contributed by atoms with Crippen molar-refractivity contribution in [1.82, 2.24) is 44.1 Å². The second-order valence-corrected chi connectivity index (χ2v) is 13.7. The Kier molecular flexibility index (Phi) is 7.70. The smallest absolute Gasteiger partial charge is 0.387 e. The van der Waals surface area contributed by atoms with Gasteiger partial charge in [0, 0.05) is 0 Å². The lowest BCUT2D eigenvalue weighted by Gasteiger charge is -2.27. The average Bonchev–Trinajstić information content (AvgIpc) is 3.77. The zero-order valence-corrected chi connectivity index (χ0v) is 25.2. The standard InChI is InChI=1S/C21H27N11O12P2/c1-24-45(36)39-3-8-13(12(34)19(42-8)31-5-27-9-15(22)25-4-26-16(9)31)44-46(37,38)40-2-7-11(33)14(43-45)20(41-7)32-6-28-10-17(32)29-21(23)30-18(10)35/h4-8,11-14,19-20,33-34H,2-3H2,1H3,(H,24,36)(H,37,38)(H2,22,25,26)(H3,23,29,30,35)/t7-,8-,11?,12?,13+,14+,19-,20-,45?/m1/s1. The zero-order valence-electron chi connectivity index (χ0n) is 23.5. The molecule has 0 aromatic carbocycles. The first kappa shape index (κ1) is 31.2. The van der Waals surface area contributed by atoms with Crippen molar-refractivity contribution >= 4 is 49.7 Å². The van der Waals surface area contributed by atoms with Gasteiger partial charge in [0.25, 0.3) is 5.56 Å². The highest BCUT2D eigenvalue weighted by Crippen LogP contribution is 2.53. The molecule has 0 amide bonds. The van der Waals surface area contributed by atoms with Gasteiger partial charge in [-0.3, -0.25) is 37.0 Å². The first-order chi connectivity index (χ1) is 21.9. The number of hydrogen-bond acceptors (Lipinski definition) is 18. The van der Waals surface area contributed by atoms with E-state index in [0.29, 0.717) is 0 Å². The number of nitrogens with two attached hydrogens (primary N) is 2. The molecule has 7 rings (SSSR count). The van der Waals surface area contributed by atoms with E-state index in [1.165, 1.54) is 28.8 Å². The van der Waals surface area contributed by atoms with Gasteiger partial charge in [-0.2, -0.15) is 4.98 Å². The average molecular weight is 687 g/mol. The second-order valence-electron chi connectivity index (χ2n) is 10.4. The first-order valence-corrected chi connectivity index (χ1v) is 16.5. The normalized spacial score (nSPS) is 37.1. The fraction of sp³-hybridized carbons (Fsp3) is 0.524. The van der Waals surface area contributed by atoms with E-state index in [2.05, 4.69) is 35.0 Å². The van der Waals surface area contributed by atoms with Gasteiger partial charge in [0.1, 0.15) is 48.5 Å². The highest BCUT2D eigenvalue weighted by atomic mass is 31.2. The summed E-state index contributed by atoms with van der Waals surface area (Å²) in [7, 11) is -8.14. The summed E-state index contributed by atoms with van der Waals surface area (Å²) in [6.45, 7) is -1.39. The van der Waals surface area contributed by atoms with Crippen LogP contribution in [-0.4, -0.2) is 111 Å². The first-order valence-electron chi connectivity index (χ1n) is 13.5. The molecule has 9 N–H and O–H groups in total. The third kappa shape index (κ3) is 5.29. The Labute approximate surface area is 256 Å². The van der Waals surface area contributed by atoms with E-state index in [1.54, 1.807) is 0 Å². The Morgan fingerprint density at radius 3 is 2.37 bits per heavy atom. The van der Waals surface area contributed by atoms with Crippen LogP contribution in [0.15, 0.2) is 23.8 Å². The Morgan fingerprint density at radius 2 is 1.61 bits per heavy atom. The molecule has 25 heteroatoms. The predicted molar refractivity (Wildman–Crippen MR) is 150 cm³/mol. The molecule has 0 radical (unpaired) electrons. The van der Waals surface area contributed by atoms with Gasteiger partial charge in [0.15, 0.2) is 35.1 Å². The molecule has 3 fully saturated rings. The molecule has 23 nitrogen and oxygen atoms in total. The van der Waals surface area contributed by atoms with Gasteiger partial charge in [-0.1, -0.05) is 0 Å². The third-order valence-corrected chi connectivity index (χ3v) is 10.2. The minimum Gasteiger partial charge on any atom is -0.387 e. The molecule has 46 heavy (non-hydrogen) atoms. The van der Waals surface area contributed by atoms with E-state index in [1.807, 2.05) is 0 Å². The number of nitrogens with zero attached hydrogens (tertiary/aromatic N) is 7. The van der Waals surface area contributed by atoms with Crippen LogP contribution in [0.25, 0.3) is 22.3 Å². The zero-order chi connectivity index (χ0) is 32.5. The maximum absolute atomic E-state index is 13.9. The molecule has 3 aliphatic rings. The van der Waals surface area contributed by atoms with E-state index < -0.39 is 83.4 Å². The van der Waals surface area contributed by atoms with Crippen LogP contribution in [0.4, 0.5) is 11.8 Å². The van der Waals surface area contributed by atoms with Crippen molar-refractivity contribution in [1.29, 1.82) is 0 Å². The van der Waals surface area contributed by atoms with Crippen molar-refractivity contribution in [2.45, 2.75) is 49.1 Å². The van der Waals surface area contributed by atoms with E-state index in [-0.39, 0.29) is 34.1 Å². The molecule has 3 aliphatic heterocycles. The van der Waals surface area contributed by atoms with Gasteiger partial charge in [-0.25, -0.2) is 34.2 Å². The van der Waals surface area contributed by atoms with Crippen LogP contribution in [0.3, 0.4) is 0 Å². The number of nitrogen functional groups attached to an aromatic ring is 2. The summed E-state index contributed by atoms with van der Waals surface area (Å²) in [4.78, 5) is 45.5. The second kappa shape index (κ2) is 11.4. The molecule has 2 bridgehead atoms. The molecule has 4 aromatic heterocycles. The van der Waals surface area contributed by atoms with Gasteiger partial charge < -0.3 is 36.0 Å². The Morgan fingerprint density at radius 1 is 0.913 bits per heavy atom. The van der Waals surface area contributed by atoms with Crippen LogP contribution in [0.1, 0.15) is 12.5 Å². The number of aromatic amines is 1. The molecular weight excluding hydrogens is 660 g/mol. The van der Waals surface area contributed by atoms with Gasteiger partial charge in [-0.15, -0.1) is 0 Å². The number of hydrogen-bond donors (Lipinski definition) is 7. The van der Waals surface area contributed by atoms with Crippen LogP contribution in [-0.2, 0) is 36.7 Å². The number of aliphatic hydroxyl groups excluding tert-OH is 2. The number of H-pyrrole nitrogens is 1.